The van der Waals surface area contributed by atoms with Crippen molar-refractivity contribution in [3.63, 3.8) is 0 Å². The zero-order valence-corrected chi connectivity index (χ0v) is 9.82. The Morgan fingerprint density at radius 3 is 2.93 bits per heavy atom. The Balaban J connectivity index is 2.33. The Morgan fingerprint density at radius 1 is 1.53 bits per heavy atom. The first-order valence-electron chi connectivity index (χ1n) is 4.83. The highest BCUT2D eigenvalue weighted by atomic mass is 32.1. The summed E-state index contributed by atoms with van der Waals surface area (Å²) in [6.45, 7) is 1.61. The molecule has 1 heterocycles. The van der Waals surface area contributed by atoms with E-state index in [4.69, 9.17) is 4.74 Å². The van der Waals surface area contributed by atoms with Crippen LogP contribution in [-0.4, -0.2) is 33.2 Å². The van der Waals surface area contributed by atoms with Crippen molar-refractivity contribution >= 4 is 17.2 Å². The standard InChI is InChI=1S/C10H16N2O2S/c1-11-4-3-5-12-10(13)9-6-8(14-2)7-15-9/h6-7,11H,3-5H2,1-2H3,(H,12,13). The second kappa shape index (κ2) is 6.42. The van der Waals surface area contributed by atoms with Crippen molar-refractivity contribution in [1.82, 2.24) is 10.6 Å². The molecule has 0 aromatic carbocycles. The lowest BCUT2D eigenvalue weighted by atomic mass is 10.4. The SMILES string of the molecule is CNCCCNC(=O)c1cc(OC)cs1. The highest BCUT2D eigenvalue weighted by Crippen LogP contribution is 2.20. The lowest BCUT2D eigenvalue weighted by Gasteiger charge is -2.02. The molecule has 0 saturated heterocycles. The van der Waals surface area contributed by atoms with Gasteiger partial charge in [-0.2, -0.15) is 0 Å². The summed E-state index contributed by atoms with van der Waals surface area (Å²) in [7, 11) is 3.49. The molecule has 0 aliphatic heterocycles. The molecule has 0 unspecified atom stereocenters. The number of rotatable bonds is 6. The zero-order chi connectivity index (χ0) is 11.1. The monoisotopic (exact) mass is 228 g/mol. The predicted molar refractivity (Wildman–Crippen MR) is 61.7 cm³/mol. The number of ether oxygens (including phenoxy) is 1. The molecule has 0 spiro atoms. The van der Waals surface area contributed by atoms with E-state index in [1.54, 1.807) is 13.2 Å². The summed E-state index contributed by atoms with van der Waals surface area (Å²) >= 11 is 1.39. The number of carbonyl (C=O) groups is 1. The van der Waals surface area contributed by atoms with Crippen molar-refractivity contribution in [3.05, 3.63) is 16.3 Å². The first-order chi connectivity index (χ1) is 7.27. The molecular weight excluding hydrogens is 212 g/mol. The van der Waals surface area contributed by atoms with E-state index in [1.165, 1.54) is 11.3 Å². The highest BCUT2D eigenvalue weighted by molar-refractivity contribution is 7.12. The summed E-state index contributed by atoms with van der Waals surface area (Å²) < 4.78 is 5.01. The highest BCUT2D eigenvalue weighted by Gasteiger charge is 2.08. The molecule has 4 nitrogen and oxygen atoms in total. The first kappa shape index (κ1) is 12.0. The molecule has 1 aromatic rings. The summed E-state index contributed by atoms with van der Waals surface area (Å²) in [5, 5.41) is 7.69. The lowest BCUT2D eigenvalue weighted by Crippen LogP contribution is -2.25. The average molecular weight is 228 g/mol. The fraction of sp³-hybridized carbons (Fsp3) is 0.500. The van der Waals surface area contributed by atoms with Crippen LogP contribution in [0.15, 0.2) is 11.4 Å². The van der Waals surface area contributed by atoms with Crippen molar-refractivity contribution in [2.24, 2.45) is 0 Å². The van der Waals surface area contributed by atoms with Gasteiger partial charge in [0.05, 0.1) is 12.0 Å². The van der Waals surface area contributed by atoms with Crippen molar-refractivity contribution in [3.8, 4) is 5.75 Å². The first-order valence-corrected chi connectivity index (χ1v) is 5.71. The van der Waals surface area contributed by atoms with Gasteiger partial charge < -0.3 is 15.4 Å². The van der Waals surface area contributed by atoms with Crippen molar-refractivity contribution < 1.29 is 9.53 Å². The fourth-order valence-corrected chi connectivity index (χ4v) is 1.87. The van der Waals surface area contributed by atoms with Crippen molar-refractivity contribution in [2.45, 2.75) is 6.42 Å². The predicted octanol–water partition coefficient (Wildman–Crippen LogP) is 1.10. The van der Waals surface area contributed by atoms with Crippen LogP contribution < -0.4 is 15.4 Å². The minimum absolute atomic E-state index is 0.0283. The van der Waals surface area contributed by atoms with E-state index in [2.05, 4.69) is 10.6 Å². The van der Waals surface area contributed by atoms with Gasteiger partial charge in [-0.15, -0.1) is 11.3 Å². The molecule has 15 heavy (non-hydrogen) atoms. The van der Waals surface area contributed by atoms with Crippen molar-refractivity contribution in [1.29, 1.82) is 0 Å². The molecule has 0 fully saturated rings. The summed E-state index contributed by atoms with van der Waals surface area (Å²) in [5.41, 5.74) is 0. The molecule has 0 atom stereocenters. The Hall–Kier alpha value is -1.07. The largest absolute Gasteiger partial charge is 0.496 e. The van der Waals surface area contributed by atoms with E-state index >= 15 is 0 Å². The third-order valence-electron chi connectivity index (χ3n) is 1.92. The lowest BCUT2D eigenvalue weighted by molar-refractivity contribution is 0.0957. The number of methoxy groups -OCH3 is 1. The number of nitrogens with one attached hydrogen (secondary N) is 2. The Labute approximate surface area is 93.6 Å². The molecule has 1 rings (SSSR count). The van der Waals surface area contributed by atoms with Gasteiger partial charge in [-0.1, -0.05) is 0 Å². The van der Waals surface area contributed by atoms with Gasteiger partial charge in [0, 0.05) is 18.0 Å². The van der Waals surface area contributed by atoms with Crippen LogP contribution in [0.1, 0.15) is 16.1 Å². The van der Waals surface area contributed by atoms with Crippen molar-refractivity contribution in [2.75, 3.05) is 27.2 Å². The molecule has 5 heteroatoms. The smallest absolute Gasteiger partial charge is 0.261 e. The van der Waals surface area contributed by atoms with Crippen LogP contribution >= 0.6 is 11.3 Å². The maximum Gasteiger partial charge on any atom is 0.261 e. The topological polar surface area (TPSA) is 50.4 Å². The normalized spacial score (nSPS) is 10.0. The molecular formula is C10H16N2O2S. The van der Waals surface area contributed by atoms with Crippen LogP contribution in [0.3, 0.4) is 0 Å². The second-order valence-electron chi connectivity index (χ2n) is 3.06. The summed E-state index contributed by atoms with van der Waals surface area (Å²) in [5.74, 6) is 0.708. The summed E-state index contributed by atoms with van der Waals surface area (Å²) in [6.07, 6.45) is 0.935. The molecule has 0 aliphatic rings. The molecule has 2 N–H and O–H groups in total. The van der Waals surface area contributed by atoms with Gasteiger partial charge in [0.1, 0.15) is 5.75 Å². The zero-order valence-electron chi connectivity index (χ0n) is 9.00. The number of hydrogen-bond donors (Lipinski definition) is 2. The Morgan fingerprint density at radius 2 is 2.33 bits per heavy atom. The number of hydrogen-bond acceptors (Lipinski definition) is 4. The van der Waals surface area contributed by atoms with Crippen LogP contribution in [0, 0.1) is 0 Å². The van der Waals surface area contributed by atoms with Crippen LogP contribution in [0.25, 0.3) is 0 Å². The summed E-state index contributed by atoms with van der Waals surface area (Å²) in [6, 6.07) is 1.75. The number of thiophene rings is 1. The van der Waals surface area contributed by atoms with E-state index in [9.17, 15) is 4.79 Å². The minimum atomic E-state index is -0.0283. The molecule has 84 valence electrons. The van der Waals surface area contributed by atoms with Gasteiger partial charge in [-0.3, -0.25) is 4.79 Å². The van der Waals surface area contributed by atoms with Gasteiger partial charge in [-0.25, -0.2) is 0 Å². The Kier molecular flexibility index (Phi) is 5.14. The maximum atomic E-state index is 11.6. The quantitative estimate of drug-likeness (QED) is 0.717. The maximum absolute atomic E-state index is 11.6. The average Bonchev–Trinajstić information content (AvgIpc) is 2.72. The van der Waals surface area contributed by atoms with Crippen LogP contribution in [0.5, 0.6) is 5.75 Å². The molecule has 0 bridgehead atoms. The van der Waals surface area contributed by atoms with E-state index < -0.39 is 0 Å². The third-order valence-corrected chi connectivity index (χ3v) is 2.83. The fourth-order valence-electron chi connectivity index (χ4n) is 1.10. The molecule has 1 amide bonds. The minimum Gasteiger partial charge on any atom is -0.496 e. The van der Waals surface area contributed by atoms with E-state index in [1.807, 2.05) is 12.4 Å². The van der Waals surface area contributed by atoms with Crippen LogP contribution in [0.2, 0.25) is 0 Å². The van der Waals surface area contributed by atoms with Gasteiger partial charge >= 0.3 is 0 Å². The van der Waals surface area contributed by atoms with E-state index in [0.717, 1.165) is 18.7 Å². The Bertz CT molecular complexity index is 312. The number of amides is 1. The van der Waals surface area contributed by atoms with E-state index in [0.29, 0.717) is 11.4 Å². The molecule has 0 saturated carbocycles. The van der Waals surface area contributed by atoms with Gasteiger partial charge in [-0.05, 0) is 20.0 Å². The van der Waals surface area contributed by atoms with Gasteiger partial charge in [0.15, 0.2) is 0 Å². The summed E-state index contributed by atoms with van der Waals surface area (Å²) in [4.78, 5) is 12.3. The molecule has 0 radical (unpaired) electrons. The molecule has 1 aromatic heterocycles. The van der Waals surface area contributed by atoms with Crippen LogP contribution in [0.4, 0.5) is 0 Å². The number of carbonyl (C=O) groups excluding carboxylic acids is 1. The van der Waals surface area contributed by atoms with Gasteiger partial charge in [0.25, 0.3) is 5.91 Å². The van der Waals surface area contributed by atoms with E-state index in [-0.39, 0.29) is 5.91 Å². The molecule has 0 aliphatic carbocycles. The van der Waals surface area contributed by atoms with Crippen LogP contribution in [-0.2, 0) is 0 Å². The third kappa shape index (κ3) is 3.89. The second-order valence-corrected chi connectivity index (χ2v) is 3.98. The van der Waals surface area contributed by atoms with Gasteiger partial charge in [0.2, 0.25) is 0 Å².